The van der Waals surface area contributed by atoms with Crippen molar-refractivity contribution in [2.45, 2.75) is 50.0 Å². The molecule has 3 aromatic rings. The van der Waals surface area contributed by atoms with Gasteiger partial charge in [-0.2, -0.15) is 0 Å². The summed E-state index contributed by atoms with van der Waals surface area (Å²) in [5, 5.41) is 34.8. The molecule has 1 aliphatic carbocycles. The first-order valence-corrected chi connectivity index (χ1v) is 14.1. The van der Waals surface area contributed by atoms with Gasteiger partial charge in [0.1, 0.15) is 12.2 Å². The highest BCUT2D eigenvalue weighted by atomic mass is 16.5. The number of aliphatic hydroxyl groups is 3. The summed E-state index contributed by atoms with van der Waals surface area (Å²) in [6, 6.07) is 12.5. The van der Waals surface area contributed by atoms with Gasteiger partial charge in [-0.05, 0) is 47.7 Å². The van der Waals surface area contributed by atoms with E-state index in [2.05, 4.69) is 16.9 Å². The maximum atomic E-state index is 13.6. The van der Waals surface area contributed by atoms with Crippen molar-refractivity contribution in [2.75, 3.05) is 26.8 Å². The van der Waals surface area contributed by atoms with Gasteiger partial charge in [-0.25, -0.2) is 0 Å². The van der Waals surface area contributed by atoms with E-state index in [0.29, 0.717) is 41.0 Å². The number of fused-ring (bicyclic) bond motifs is 4. The molecule has 42 heavy (non-hydrogen) atoms. The van der Waals surface area contributed by atoms with Crippen LogP contribution in [0.15, 0.2) is 66.8 Å². The van der Waals surface area contributed by atoms with Gasteiger partial charge in [-0.1, -0.05) is 24.3 Å². The first-order chi connectivity index (χ1) is 20.4. The molecule has 5 rings (SSSR count). The number of hydrogen-bond acceptors (Lipinski definition) is 7. The number of allylic oxidation sites excluding steroid dienone is 1. The fourth-order valence-corrected chi connectivity index (χ4v) is 5.94. The number of H-pyrrole nitrogens is 1. The zero-order chi connectivity index (χ0) is 29.8. The van der Waals surface area contributed by atoms with Gasteiger partial charge >= 0.3 is 0 Å². The molecule has 0 fully saturated rings. The van der Waals surface area contributed by atoms with Crippen LogP contribution in [0.5, 0.6) is 11.5 Å². The van der Waals surface area contributed by atoms with Gasteiger partial charge in [0, 0.05) is 48.3 Å². The predicted molar refractivity (Wildman–Crippen MR) is 157 cm³/mol. The molecule has 0 spiro atoms. The molecule has 0 unspecified atom stereocenters. The minimum absolute atomic E-state index is 0.0385. The van der Waals surface area contributed by atoms with E-state index < -0.39 is 30.1 Å². The van der Waals surface area contributed by atoms with Crippen LogP contribution in [0.2, 0.25) is 0 Å². The van der Waals surface area contributed by atoms with Crippen LogP contribution in [-0.4, -0.2) is 82.1 Å². The number of benzene rings is 2. The lowest BCUT2D eigenvalue weighted by Crippen LogP contribution is -2.56. The Labute approximate surface area is 244 Å². The number of carbonyl (C=O) groups is 2. The van der Waals surface area contributed by atoms with Crippen molar-refractivity contribution in [3.05, 3.63) is 83.6 Å². The molecule has 2 amide bonds. The number of rotatable bonds is 12. The number of para-hydroxylation sites is 1. The summed E-state index contributed by atoms with van der Waals surface area (Å²) in [5.74, 6) is -0.537. The normalized spacial score (nSPS) is 20.7. The van der Waals surface area contributed by atoms with E-state index >= 15 is 0 Å². The first-order valence-electron chi connectivity index (χ1n) is 14.1. The summed E-state index contributed by atoms with van der Waals surface area (Å²) in [5.41, 5.74) is 3.42. The Morgan fingerprint density at radius 2 is 2.02 bits per heavy atom. The number of nitrogens with zero attached hydrogens (tertiary/aromatic N) is 1. The third-order valence-electron chi connectivity index (χ3n) is 7.95. The molecule has 10 heteroatoms. The highest BCUT2D eigenvalue weighted by Crippen LogP contribution is 2.51. The average molecular weight is 576 g/mol. The average Bonchev–Trinajstić information content (AvgIpc) is 3.61. The van der Waals surface area contributed by atoms with Crippen LogP contribution in [0.1, 0.15) is 35.6 Å². The Hall–Kier alpha value is -4.12. The van der Waals surface area contributed by atoms with Crippen molar-refractivity contribution in [1.29, 1.82) is 0 Å². The molecule has 0 saturated heterocycles. The molecule has 5 N–H and O–H groups in total. The second kappa shape index (κ2) is 12.8. The number of nitrogens with one attached hydrogen (secondary N) is 2. The maximum absolute atomic E-state index is 13.6. The van der Waals surface area contributed by atoms with Crippen LogP contribution in [-0.2, 0) is 22.6 Å². The molecule has 2 aliphatic rings. The lowest BCUT2D eigenvalue weighted by Gasteiger charge is -2.40. The van der Waals surface area contributed by atoms with E-state index in [1.807, 2.05) is 30.3 Å². The van der Waals surface area contributed by atoms with Crippen LogP contribution in [0.4, 0.5) is 0 Å². The standard InChI is InChI=1S/C32H37N3O7/c1-3-4-9-27(38)35(12-10-21-16-20-7-5-6-8-24(20)34-21)25-17-23(32(40)33-11-13-36)28-22-14-19(18-37)15-26(41-2)30(22)42-31(28)29(25)39/h3,5-8,14-17,25,28-29,31,34,36-37,39H,1,4,9-13,18H2,2H3,(H,33,40)/t25-,28+,29+,31+/m1/s1. The summed E-state index contributed by atoms with van der Waals surface area (Å²) in [7, 11) is 1.48. The second-order valence-corrected chi connectivity index (χ2v) is 10.6. The van der Waals surface area contributed by atoms with E-state index in [4.69, 9.17) is 9.47 Å². The molecule has 2 heterocycles. The molecule has 0 bridgehead atoms. The maximum Gasteiger partial charge on any atom is 0.247 e. The largest absolute Gasteiger partial charge is 0.493 e. The van der Waals surface area contributed by atoms with E-state index in [9.17, 15) is 24.9 Å². The zero-order valence-electron chi connectivity index (χ0n) is 23.6. The molecule has 1 aromatic heterocycles. The van der Waals surface area contributed by atoms with Crippen LogP contribution < -0.4 is 14.8 Å². The number of carbonyl (C=O) groups excluding carboxylic acids is 2. The molecule has 222 valence electrons. The first kappa shape index (κ1) is 29.4. The van der Waals surface area contributed by atoms with Crippen LogP contribution in [0.25, 0.3) is 10.9 Å². The Balaban J connectivity index is 1.53. The molecule has 0 radical (unpaired) electrons. The third-order valence-corrected chi connectivity index (χ3v) is 7.95. The van der Waals surface area contributed by atoms with E-state index in [0.717, 1.165) is 16.6 Å². The lowest BCUT2D eigenvalue weighted by atomic mass is 9.77. The highest BCUT2D eigenvalue weighted by molar-refractivity contribution is 5.96. The smallest absolute Gasteiger partial charge is 0.247 e. The second-order valence-electron chi connectivity index (χ2n) is 10.6. The number of aromatic nitrogens is 1. The van der Waals surface area contributed by atoms with Crippen molar-refractivity contribution < 1.29 is 34.4 Å². The Morgan fingerprint density at radius 3 is 2.74 bits per heavy atom. The summed E-state index contributed by atoms with van der Waals surface area (Å²) >= 11 is 0. The van der Waals surface area contributed by atoms with Gasteiger partial charge in [0.2, 0.25) is 11.8 Å². The SMILES string of the molecule is C=CCCC(=O)N(CCc1cc2ccccc2[nH]1)[C@@H]1C=C(C(=O)NCCO)[C@@H]2c3cc(CO)cc(OC)c3O[C@@H]2[C@H]1O. The Kier molecular flexibility index (Phi) is 8.96. The molecule has 2 aromatic carbocycles. The monoisotopic (exact) mass is 575 g/mol. The van der Waals surface area contributed by atoms with Crippen molar-refractivity contribution in [1.82, 2.24) is 15.2 Å². The molecule has 10 nitrogen and oxygen atoms in total. The number of amides is 2. The number of methoxy groups -OCH3 is 1. The van der Waals surface area contributed by atoms with Gasteiger partial charge < -0.3 is 40.0 Å². The molecular weight excluding hydrogens is 538 g/mol. The fraction of sp³-hybridized carbons (Fsp3) is 0.375. The predicted octanol–water partition coefficient (Wildman–Crippen LogP) is 2.33. The fourth-order valence-electron chi connectivity index (χ4n) is 5.94. The summed E-state index contributed by atoms with van der Waals surface area (Å²) in [4.78, 5) is 32.1. The van der Waals surface area contributed by atoms with Crippen LogP contribution in [0, 0.1) is 0 Å². The summed E-state index contributed by atoms with van der Waals surface area (Å²) < 4.78 is 11.8. The molecule has 0 saturated carbocycles. The summed E-state index contributed by atoms with van der Waals surface area (Å²) in [6.45, 7) is 3.57. The van der Waals surface area contributed by atoms with Crippen molar-refractivity contribution in [3.8, 4) is 11.5 Å². The van der Waals surface area contributed by atoms with Gasteiger partial charge in [0.25, 0.3) is 0 Å². The quantitative estimate of drug-likeness (QED) is 0.209. The minimum atomic E-state index is -1.17. The molecular formula is C32H37N3O7. The highest BCUT2D eigenvalue weighted by Gasteiger charge is 2.51. The van der Waals surface area contributed by atoms with E-state index in [-0.39, 0.29) is 38.6 Å². The Morgan fingerprint density at radius 1 is 1.21 bits per heavy atom. The topological polar surface area (TPSA) is 144 Å². The van der Waals surface area contributed by atoms with Gasteiger partial charge in [0.15, 0.2) is 11.5 Å². The van der Waals surface area contributed by atoms with Crippen LogP contribution in [0.3, 0.4) is 0 Å². The number of aromatic amines is 1. The summed E-state index contributed by atoms with van der Waals surface area (Å²) in [6.07, 6.45) is 2.42. The van der Waals surface area contributed by atoms with Gasteiger partial charge in [-0.3, -0.25) is 9.59 Å². The van der Waals surface area contributed by atoms with Crippen molar-refractivity contribution in [3.63, 3.8) is 0 Å². The number of aliphatic hydroxyl groups excluding tert-OH is 3. The van der Waals surface area contributed by atoms with E-state index in [1.54, 1.807) is 29.2 Å². The van der Waals surface area contributed by atoms with E-state index in [1.165, 1.54) is 7.11 Å². The molecule has 1 aliphatic heterocycles. The number of hydrogen-bond donors (Lipinski definition) is 5. The van der Waals surface area contributed by atoms with Crippen molar-refractivity contribution >= 4 is 22.7 Å². The molecule has 4 atom stereocenters. The van der Waals surface area contributed by atoms with Crippen LogP contribution >= 0.6 is 0 Å². The third kappa shape index (κ3) is 5.65. The van der Waals surface area contributed by atoms with Gasteiger partial charge in [0.05, 0.1) is 32.3 Å². The van der Waals surface area contributed by atoms with Crippen molar-refractivity contribution in [2.24, 2.45) is 0 Å². The minimum Gasteiger partial charge on any atom is -0.493 e. The lowest BCUT2D eigenvalue weighted by molar-refractivity contribution is -0.137. The van der Waals surface area contributed by atoms with Gasteiger partial charge in [-0.15, -0.1) is 6.58 Å². The number of ether oxygens (including phenoxy) is 2. The zero-order valence-corrected chi connectivity index (χ0v) is 23.6. The Bertz CT molecular complexity index is 1460.